The molecule has 1 rings (SSSR count). The Bertz CT molecular complexity index is 185. The van der Waals surface area contributed by atoms with Gasteiger partial charge in [0.25, 0.3) is 0 Å². The molecule has 1 heteroatoms. The number of allylic oxidation sites excluding steroid dienone is 3. The summed E-state index contributed by atoms with van der Waals surface area (Å²) in [5.41, 5.74) is 1.47. The van der Waals surface area contributed by atoms with Crippen LogP contribution in [0.5, 0.6) is 0 Å². The molecule has 1 nitrogen and oxygen atoms in total. The molecule has 0 N–H and O–H groups in total. The van der Waals surface area contributed by atoms with Crippen molar-refractivity contribution in [3.63, 3.8) is 0 Å². The zero-order chi connectivity index (χ0) is 9.68. The maximum absolute atomic E-state index is 3.89. The van der Waals surface area contributed by atoms with E-state index in [4.69, 9.17) is 0 Å². The second-order valence-electron chi connectivity index (χ2n) is 3.89. The fraction of sp³-hybridized carbons (Fsp3) is 0.667. The first-order valence-electron chi connectivity index (χ1n) is 5.29. The lowest BCUT2D eigenvalue weighted by atomic mass is 9.89. The van der Waals surface area contributed by atoms with Crippen molar-refractivity contribution in [2.24, 2.45) is 5.92 Å². The summed E-state index contributed by atoms with van der Waals surface area (Å²) in [4.78, 5) is 2.41. The predicted octanol–water partition coefficient (Wildman–Crippen LogP) is 2.85. The first-order valence-corrected chi connectivity index (χ1v) is 5.29. The van der Waals surface area contributed by atoms with Crippen molar-refractivity contribution in [1.82, 2.24) is 4.90 Å². The van der Waals surface area contributed by atoms with Crippen molar-refractivity contribution in [3.05, 3.63) is 24.3 Å². The largest absolute Gasteiger partial charge is 0.306 e. The highest BCUT2D eigenvalue weighted by Gasteiger charge is 2.17. The van der Waals surface area contributed by atoms with Crippen molar-refractivity contribution in [3.8, 4) is 0 Å². The van der Waals surface area contributed by atoms with Crippen LogP contribution in [0.15, 0.2) is 24.3 Å². The molecule has 0 aromatic carbocycles. The number of hydrogen-bond acceptors (Lipinski definition) is 1. The first-order chi connectivity index (χ1) is 6.27. The molecule has 1 heterocycles. The van der Waals surface area contributed by atoms with Gasteiger partial charge in [-0.3, -0.25) is 0 Å². The third kappa shape index (κ3) is 3.00. The van der Waals surface area contributed by atoms with Gasteiger partial charge >= 0.3 is 0 Å². The van der Waals surface area contributed by atoms with E-state index in [-0.39, 0.29) is 0 Å². The van der Waals surface area contributed by atoms with Gasteiger partial charge in [0, 0.05) is 0 Å². The zero-order valence-electron chi connectivity index (χ0n) is 8.92. The smallest absolute Gasteiger partial charge is 0.00159 e. The Labute approximate surface area is 82.1 Å². The normalized spacial score (nSPS) is 21.8. The van der Waals surface area contributed by atoms with Crippen LogP contribution in [-0.2, 0) is 0 Å². The van der Waals surface area contributed by atoms with Crippen molar-refractivity contribution < 1.29 is 0 Å². The second-order valence-corrected chi connectivity index (χ2v) is 3.89. The molecule has 0 radical (unpaired) electrons. The van der Waals surface area contributed by atoms with Crippen LogP contribution in [0.25, 0.3) is 0 Å². The molecule has 0 unspecified atom stereocenters. The quantitative estimate of drug-likeness (QED) is 0.602. The molecule has 1 aliphatic rings. The summed E-state index contributed by atoms with van der Waals surface area (Å²) in [5.74, 6) is 0.772. The van der Waals surface area contributed by atoms with E-state index in [1.165, 1.54) is 31.5 Å². The van der Waals surface area contributed by atoms with Crippen LogP contribution >= 0.6 is 0 Å². The first kappa shape index (κ1) is 10.5. The van der Waals surface area contributed by atoms with Gasteiger partial charge in [-0.1, -0.05) is 25.7 Å². The minimum Gasteiger partial charge on any atom is -0.306 e. The van der Waals surface area contributed by atoms with E-state index < -0.39 is 0 Å². The van der Waals surface area contributed by atoms with E-state index >= 15 is 0 Å². The molecule has 1 fully saturated rings. The molecule has 0 bridgehead atoms. The Hall–Kier alpha value is -0.560. The van der Waals surface area contributed by atoms with Crippen molar-refractivity contribution in [2.45, 2.75) is 26.2 Å². The summed E-state index contributed by atoms with van der Waals surface area (Å²) >= 11 is 0. The highest BCUT2D eigenvalue weighted by molar-refractivity contribution is 5.20. The third-order valence-corrected chi connectivity index (χ3v) is 2.87. The molecular formula is C12H21N. The average molecular weight is 179 g/mol. The van der Waals surface area contributed by atoms with Crippen LogP contribution in [0, 0.1) is 5.92 Å². The Morgan fingerprint density at radius 1 is 1.46 bits per heavy atom. The summed E-state index contributed by atoms with van der Waals surface area (Å²) in [6, 6.07) is 0. The maximum Gasteiger partial charge on any atom is -0.00159 e. The fourth-order valence-electron chi connectivity index (χ4n) is 1.99. The van der Waals surface area contributed by atoms with E-state index in [1.54, 1.807) is 0 Å². The average Bonchev–Trinajstić information content (AvgIpc) is 2.16. The minimum absolute atomic E-state index is 0.772. The van der Waals surface area contributed by atoms with Crippen LogP contribution in [-0.4, -0.2) is 25.0 Å². The summed E-state index contributed by atoms with van der Waals surface area (Å²) in [6.45, 7) is 8.56. The molecule has 0 aromatic rings. The van der Waals surface area contributed by atoms with E-state index in [0.717, 1.165) is 12.3 Å². The zero-order valence-corrected chi connectivity index (χ0v) is 8.92. The van der Waals surface area contributed by atoms with Crippen molar-refractivity contribution in [1.29, 1.82) is 0 Å². The Balaban J connectivity index is 2.51. The Kier molecular flexibility index (Phi) is 4.23. The number of piperidine rings is 1. The fourth-order valence-corrected chi connectivity index (χ4v) is 1.99. The topological polar surface area (TPSA) is 3.24 Å². The monoisotopic (exact) mass is 179 g/mol. The lowest BCUT2D eigenvalue weighted by Gasteiger charge is -2.29. The molecule has 0 saturated carbocycles. The highest BCUT2D eigenvalue weighted by Crippen LogP contribution is 2.24. The SMILES string of the molecule is C=C/C(=C\CC)C1CCN(C)CC1. The van der Waals surface area contributed by atoms with E-state index in [2.05, 4.69) is 31.5 Å². The lowest BCUT2D eigenvalue weighted by Crippen LogP contribution is -2.30. The molecule has 74 valence electrons. The highest BCUT2D eigenvalue weighted by atomic mass is 15.1. The van der Waals surface area contributed by atoms with E-state index in [9.17, 15) is 0 Å². The molecule has 0 spiro atoms. The Morgan fingerprint density at radius 2 is 2.08 bits per heavy atom. The van der Waals surface area contributed by atoms with Gasteiger partial charge in [-0.05, 0) is 50.9 Å². The van der Waals surface area contributed by atoms with Crippen LogP contribution in [0.3, 0.4) is 0 Å². The molecule has 0 atom stereocenters. The molecule has 0 aromatic heterocycles. The van der Waals surface area contributed by atoms with Crippen LogP contribution in [0.4, 0.5) is 0 Å². The van der Waals surface area contributed by atoms with Gasteiger partial charge in [-0.25, -0.2) is 0 Å². The van der Waals surface area contributed by atoms with Gasteiger partial charge in [-0.2, -0.15) is 0 Å². The van der Waals surface area contributed by atoms with Gasteiger partial charge in [0.2, 0.25) is 0 Å². The van der Waals surface area contributed by atoms with E-state index in [1.807, 2.05) is 6.08 Å². The molecular weight excluding hydrogens is 158 g/mol. The lowest BCUT2D eigenvalue weighted by molar-refractivity contribution is 0.240. The van der Waals surface area contributed by atoms with E-state index in [0.29, 0.717) is 0 Å². The Morgan fingerprint density at radius 3 is 2.54 bits per heavy atom. The summed E-state index contributed by atoms with van der Waals surface area (Å²) in [7, 11) is 2.20. The van der Waals surface area contributed by atoms with Crippen LogP contribution in [0.1, 0.15) is 26.2 Å². The molecule has 1 aliphatic heterocycles. The molecule has 13 heavy (non-hydrogen) atoms. The molecule has 0 aliphatic carbocycles. The molecule has 1 saturated heterocycles. The van der Waals surface area contributed by atoms with Gasteiger partial charge in [0.1, 0.15) is 0 Å². The number of nitrogens with zero attached hydrogens (tertiary/aromatic N) is 1. The third-order valence-electron chi connectivity index (χ3n) is 2.87. The number of likely N-dealkylation sites (tertiary alicyclic amines) is 1. The second kappa shape index (κ2) is 5.23. The van der Waals surface area contributed by atoms with Gasteiger partial charge < -0.3 is 4.90 Å². The van der Waals surface area contributed by atoms with Gasteiger partial charge in [0.05, 0.1) is 0 Å². The molecule has 0 amide bonds. The standard InChI is InChI=1S/C12H21N/c1-4-6-11(5-2)12-7-9-13(3)10-8-12/h5-6,12H,2,4,7-10H2,1,3H3/b11-6+. The number of rotatable bonds is 3. The predicted molar refractivity (Wildman–Crippen MR) is 58.8 cm³/mol. The minimum atomic E-state index is 0.772. The number of hydrogen-bond donors (Lipinski definition) is 0. The van der Waals surface area contributed by atoms with Crippen LogP contribution in [0.2, 0.25) is 0 Å². The maximum atomic E-state index is 3.89. The summed E-state index contributed by atoms with van der Waals surface area (Å²) < 4.78 is 0. The van der Waals surface area contributed by atoms with Crippen molar-refractivity contribution in [2.75, 3.05) is 20.1 Å². The summed E-state index contributed by atoms with van der Waals surface area (Å²) in [6.07, 6.45) is 8.10. The van der Waals surface area contributed by atoms with Crippen molar-refractivity contribution >= 4 is 0 Å². The van der Waals surface area contributed by atoms with Gasteiger partial charge in [0.15, 0.2) is 0 Å². The van der Waals surface area contributed by atoms with Gasteiger partial charge in [-0.15, -0.1) is 0 Å². The van der Waals surface area contributed by atoms with Crippen LogP contribution < -0.4 is 0 Å². The summed E-state index contributed by atoms with van der Waals surface area (Å²) in [5, 5.41) is 0.